The van der Waals surface area contributed by atoms with Crippen LogP contribution >= 0.6 is 0 Å². The van der Waals surface area contributed by atoms with Crippen LogP contribution in [0.3, 0.4) is 0 Å². The second-order valence-electron chi connectivity index (χ2n) is 9.15. The summed E-state index contributed by atoms with van der Waals surface area (Å²) in [4.78, 5) is 2.34. The molecule has 1 aromatic carbocycles. The van der Waals surface area contributed by atoms with E-state index in [-0.39, 0.29) is 5.54 Å². The van der Waals surface area contributed by atoms with E-state index in [1.165, 1.54) is 5.56 Å². The van der Waals surface area contributed by atoms with Crippen LogP contribution in [-0.2, 0) is 12.1 Å². The topological polar surface area (TPSA) is 80.0 Å². The Bertz CT molecular complexity index is 1530. The second-order valence-corrected chi connectivity index (χ2v) is 9.15. The standard InChI is InChI=1S/C26H26N8/c1-3-31-17-26(18-31,12-13-27)33-14-11-21(30-33)23-15-24-22(9-10-25-29-28-19(2)34(24)25)32(23)16-20-7-5-4-6-8-20/h4-11,14-15H,3,12,16-18H2,1-2H3. The smallest absolute Gasteiger partial charge is 0.161 e. The Morgan fingerprint density at radius 3 is 2.62 bits per heavy atom. The molecule has 0 saturated carbocycles. The van der Waals surface area contributed by atoms with Crippen LogP contribution in [0.5, 0.6) is 0 Å². The summed E-state index contributed by atoms with van der Waals surface area (Å²) in [7, 11) is 0. The average Bonchev–Trinajstić information content (AvgIpc) is 3.54. The number of benzene rings is 1. The van der Waals surface area contributed by atoms with Gasteiger partial charge in [-0.25, -0.2) is 0 Å². The fourth-order valence-electron chi connectivity index (χ4n) is 5.21. The molecule has 0 N–H and O–H groups in total. The second kappa shape index (κ2) is 7.82. The van der Waals surface area contributed by atoms with Crippen molar-refractivity contribution in [2.75, 3.05) is 19.6 Å². The van der Waals surface area contributed by atoms with Crippen molar-refractivity contribution in [2.24, 2.45) is 0 Å². The van der Waals surface area contributed by atoms with Gasteiger partial charge in [0.2, 0.25) is 0 Å². The van der Waals surface area contributed by atoms with Crippen LogP contribution in [0.1, 0.15) is 24.7 Å². The number of nitrogens with zero attached hydrogens (tertiary/aromatic N) is 8. The zero-order chi connectivity index (χ0) is 23.3. The van der Waals surface area contributed by atoms with Crippen molar-refractivity contribution in [1.82, 2.24) is 33.8 Å². The third kappa shape index (κ3) is 3.12. The zero-order valence-corrected chi connectivity index (χ0v) is 19.4. The molecule has 8 nitrogen and oxygen atoms in total. The molecule has 0 radical (unpaired) electrons. The number of hydrogen-bond acceptors (Lipinski definition) is 5. The lowest BCUT2D eigenvalue weighted by molar-refractivity contribution is 0.00964. The average molecular weight is 451 g/mol. The SMILES string of the molecule is CCN1CC(CC#N)(n2ccc(-c3cc4c(ccc5nnc(C)n54)n3Cc3ccccc3)n2)C1. The monoisotopic (exact) mass is 450 g/mol. The van der Waals surface area contributed by atoms with Crippen LogP contribution in [0, 0.1) is 18.3 Å². The molecular formula is C26H26N8. The summed E-state index contributed by atoms with van der Waals surface area (Å²) < 4.78 is 6.42. The molecule has 0 bridgehead atoms. The van der Waals surface area contributed by atoms with Crippen LogP contribution in [0.2, 0.25) is 0 Å². The van der Waals surface area contributed by atoms with Crippen molar-refractivity contribution < 1.29 is 0 Å². The Morgan fingerprint density at radius 1 is 1.03 bits per heavy atom. The van der Waals surface area contributed by atoms with Crippen molar-refractivity contribution in [3.63, 3.8) is 0 Å². The van der Waals surface area contributed by atoms with Gasteiger partial charge in [-0.05, 0) is 43.3 Å². The van der Waals surface area contributed by atoms with Gasteiger partial charge in [0.15, 0.2) is 5.65 Å². The molecule has 0 atom stereocenters. The van der Waals surface area contributed by atoms with E-state index in [0.29, 0.717) is 6.42 Å². The summed E-state index contributed by atoms with van der Waals surface area (Å²) in [6.07, 6.45) is 2.49. The Hall–Kier alpha value is -3.96. The number of rotatable bonds is 6. The highest BCUT2D eigenvalue weighted by Crippen LogP contribution is 2.34. The van der Waals surface area contributed by atoms with Crippen molar-refractivity contribution >= 4 is 16.7 Å². The fourth-order valence-corrected chi connectivity index (χ4v) is 5.21. The summed E-state index contributed by atoms with van der Waals surface area (Å²) in [5.74, 6) is 0.858. The van der Waals surface area contributed by atoms with Crippen LogP contribution in [0.25, 0.3) is 28.1 Å². The molecule has 1 saturated heterocycles. The van der Waals surface area contributed by atoms with Crippen LogP contribution in [-0.4, -0.2) is 53.5 Å². The zero-order valence-electron chi connectivity index (χ0n) is 19.4. The predicted molar refractivity (Wildman–Crippen MR) is 130 cm³/mol. The van der Waals surface area contributed by atoms with Crippen molar-refractivity contribution in [3.05, 3.63) is 72.2 Å². The lowest BCUT2D eigenvalue weighted by Crippen LogP contribution is -2.62. The Balaban J connectivity index is 1.50. The van der Waals surface area contributed by atoms with Gasteiger partial charge >= 0.3 is 0 Å². The Kier molecular flexibility index (Phi) is 4.74. The van der Waals surface area contributed by atoms with E-state index in [0.717, 1.165) is 60.1 Å². The van der Waals surface area contributed by atoms with E-state index < -0.39 is 0 Å². The molecule has 0 unspecified atom stereocenters. The minimum Gasteiger partial charge on any atom is -0.333 e. The minimum absolute atomic E-state index is 0.253. The largest absolute Gasteiger partial charge is 0.333 e. The van der Waals surface area contributed by atoms with Crippen LogP contribution in [0.4, 0.5) is 0 Å². The van der Waals surface area contributed by atoms with Gasteiger partial charge < -0.3 is 4.57 Å². The van der Waals surface area contributed by atoms with Crippen LogP contribution < -0.4 is 0 Å². The molecule has 0 spiro atoms. The predicted octanol–water partition coefficient (Wildman–Crippen LogP) is 3.85. The summed E-state index contributed by atoms with van der Waals surface area (Å²) in [5.41, 5.74) is 5.91. The molecule has 5 heterocycles. The van der Waals surface area contributed by atoms with E-state index in [1.54, 1.807) is 0 Å². The van der Waals surface area contributed by atoms with Gasteiger partial charge in [0.05, 0.1) is 29.2 Å². The van der Waals surface area contributed by atoms with Crippen molar-refractivity contribution in [1.29, 1.82) is 5.26 Å². The highest BCUT2D eigenvalue weighted by Gasteiger charge is 2.44. The molecule has 0 amide bonds. The van der Waals surface area contributed by atoms with Gasteiger partial charge in [-0.3, -0.25) is 14.0 Å². The number of pyridine rings is 1. The first-order valence-electron chi connectivity index (χ1n) is 11.7. The number of fused-ring (bicyclic) bond motifs is 3. The normalized spacial score (nSPS) is 15.6. The quantitative estimate of drug-likeness (QED) is 0.393. The Labute approximate surface area is 197 Å². The van der Waals surface area contributed by atoms with E-state index in [2.05, 4.69) is 79.5 Å². The first-order valence-corrected chi connectivity index (χ1v) is 11.7. The molecule has 34 heavy (non-hydrogen) atoms. The number of likely N-dealkylation sites (N-methyl/N-ethyl adjacent to an activating group) is 1. The maximum absolute atomic E-state index is 9.49. The maximum Gasteiger partial charge on any atom is 0.161 e. The molecule has 6 rings (SSSR count). The molecule has 170 valence electrons. The third-order valence-corrected chi connectivity index (χ3v) is 7.01. The molecular weight excluding hydrogens is 424 g/mol. The number of aryl methyl sites for hydroxylation is 1. The van der Waals surface area contributed by atoms with E-state index in [9.17, 15) is 5.26 Å². The molecule has 1 aliphatic rings. The molecule has 8 heteroatoms. The van der Waals surface area contributed by atoms with Crippen LogP contribution in [0.15, 0.2) is 60.8 Å². The highest BCUT2D eigenvalue weighted by atomic mass is 15.4. The van der Waals surface area contributed by atoms with Gasteiger partial charge in [0, 0.05) is 25.8 Å². The van der Waals surface area contributed by atoms with E-state index in [4.69, 9.17) is 5.10 Å². The maximum atomic E-state index is 9.49. The van der Waals surface area contributed by atoms with Gasteiger partial charge in [0.25, 0.3) is 0 Å². The number of nitriles is 1. The first-order chi connectivity index (χ1) is 16.6. The third-order valence-electron chi connectivity index (χ3n) is 7.01. The van der Waals surface area contributed by atoms with Gasteiger partial charge in [0.1, 0.15) is 17.1 Å². The number of likely N-dealkylation sites (tertiary alicyclic amines) is 1. The van der Waals surface area contributed by atoms with Crippen molar-refractivity contribution in [2.45, 2.75) is 32.4 Å². The van der Waals surface area contributed by atoms with Gasteiger partial charge in [-0.2, -0.15) is 10.4 Å². The summed E-state index contributed by atoms with van der Waals surface area (Å²) >= 11 is 0. The summed E-state index contributed by atoms with van der Waals surface area (Å²) in [6, 6.07) is 21.2. The molecule has 5 aromatic rings. The van der Waals surface area contributed by atoms with Crippen molar-refractivity contribution in [3.8, 4) is 17.5 Å². The molecule has 1 aliphatic heterocycles. The molecule has 0 aliphatic carbocycles. The lowest BCUT2D eigenvalue weighted by atomic mass is 9.87. The lowest BCUT2D eigenvalue weighted by Gasteiger charge is -2.48. The number of hydrogen-bond donors (Lipinski definition) is 0. The summed E-state index contributed by atoms with van der Waals surface area (Å²) in [5, 5.41) is 23.1. The highest BCUT2D eigenvalue weighted by molar-refractivity contribution is 5.86. The van der Waals surface area contributed by atoms with E-state index in [1.807, 2.05) is 29.9 Å². The molecule has 1 fully saturated rings. The first kappa shape index (κ1) is 20.6. The Morgan fingerprint density at radius 2 is 1.85 bits per heavy atom. The fraction of sp³-hybridized carbons (Fsp3) is 0.308. The summed E-state index contributed by atoms with van der Waals surface area (Å²) in [6.45, 7) is 7.55. The van der Waals surface area contributed by atoms with Gasteiger partial charge in [-0.15, -0.1) is 10.2 Å². The van der Waals surface area contributed by atoms with E-state index >= 15 is 0 Å². The van der Waals surface area contributed by atoms with Gasteiger partial charge in [-0.1, -0.05) is 37.3 Å². The minimum atomic E-state index is -0.253. The number of aromatic nitrogens is 6. The molecule has 4 aromatic heterocycles.